The van der Waals surface area contributed by atoms with Crippen molar-refractivity contribution in [3.63, 3.8) is 0 Å². The number of allylic oxidation sites excluding steroid dienone is 1. The second kappa shape index (κ2) is 3.81. The third-order valence-electron chi connectivity index (χ3n) is 1.36. The predicted octanol–water partition coefficient (Wildman–Crippen LogP) is 2.91. The summed E-state index contributed by atoms with van der Waals surface area (Å²) >= 11 is 0. The van der Waals surface area contributed by atoms with Crippen LogP contribution in [0.1, 0.15) is 12.5 Å². The molecule has 1 aromatic carbocycles. The van der Waals surface area contributed by atoms with Crippen molar-refractivity contribution < 1.29 is 4.74 Å². The molecule has 0 aromatic heterocycles. The molecule has 0 aliphatic heterocycles. The lowest BCUT2D eigenvalue weighted by Crippen LogP contribution is -1.80. The Labute approximate surface area is 67.3 Å². The van der Waals surface area contributed by atoms with Crippen LogP contribution in [0.4, 0.5) is 0 Å². The standard InChI is InChI=1S/C10H12O/c1-3-8-11-10-6-4-9(2)5-7-10/h3-8H,1-2H3/b8-3-. The second-order valence-electron chi connectivity index (χ2n) is 2.40. The minimum atomic E-state index is 0.883. The summed E-state index contributed by atoms with van der Waals surface area (Å²) in [7, 11) is 0. The summed E-state index contributed by atoms with van der Waals surface area (Å²) in [5.41, 5.74) is 1.25. The summed E-state index contributed by atoms with van der Waals surface area (Å²) in [4.78, 5) is 0. The van der Waals surface area contributed by atoms with Crippen LogP contribution in [0.5, 0.6) is 5.75 Å². The Morgan fingerprint density at radius 2 is 1.82 bits per heavy atom. The Morgan fingerprint density at radius 3 is 2.36 bits per heavy atom. The molecule has 0 spiro atoms. The number of hydrogen-bond donors (Lipinski definition) is 0. The maximum Gasteiger partial charge on any atom is 0.126 e. The fraction of sp³-hybridized carbons (Fsp3) is 0.200. The normalized spacial score (nSPS) is 10.4. The van der Waals surface area contributed by atoms with Crippen LogP contribution >= 0.6 is 0 Å². The average Bonchev–Trinajstić information content (AvgIpc) is 2.04. The highest BCUT2D eigenvalue weighted by atomic mass is 16.5. The van der Waals surface area contributed by atoms with E-state index in [0.717, 1.165) is 5.75 Å². The highest BCUT2D eigenvalue weighted by Gasteiger charge is 1.87. The van der Waals surface area contributed by atoms with E-state index in [1.165, 1.54) is 5.56 Å². The van der Waals surface area contributed by atoms with E-state index in [-0.39, 0.29) is 0 Å². The number of ether oxygens (including phenoxy) is 1. The lowest BCUT2D eigenvalue weighted by atomic mass is 10.2. The van der Waals surface area contributed by atoms with Crippen LogP contribution in [0.25, 0.3) is 0 Å². The van der Waals surface area contributed by atoms with E-state index in [1.54, 1.807) is 6.26 Å². The SMILES string of the molecule is C/C=C\Oc1ccc(C)cc1. The van der Waals surface area contributed by atoms with Gasteiger partial charge in [0.1, 0.15) is 5.75 Å². The first kappa shape index (κ1) is 7.86. The summed E-state index contributed by atoms with van der Waals surface area (Å²) in [6.07, 6.45) is 3.53. The molecule has 0 atom stereocenters. The van der Waals surface area contributed by atoms with Crippen LogP contribution in [0.15, 0.2) is 36.6 Å². The maximum absolute atomic E-state index is 5.23. The van der Waals surface area contributed by atoms with Gasteiger partial charge in [0.2, 0.25) is 0 Å². The molecule has 0 unspecified atom stereocenters. The molecule has 0 aliphatic rings. The highest BCUT2D eigenvalue weighted by Crippen LogP contribution is 2.11. The Hall–Kier alpha value is -1.24. The molecule has 0 fully saturated rings. The van der Waals surface area contributed by atoms with E-state index < -0.39 is 0 Å². The molecule has 1 rings (SSSR count). The molecule has 11 heavy (non-hydrogen) atoms. The Bertz CT molecular complexity index is 234. The zero-order valence-electron chi connectivity index (χ0n) is 6.87. The second-order valence-corrected chi connectivity index (χ2v) is 2.40. The maximum atomic E-state index is 5.23. The monoisotopic (exact) mass is 148 g/mol. The van der Waals surface area contributed by atoms with Crippen LogP contribution < -0.4 is 4.74 Å². The molecule has 0 N–H and O–H groups in total. The first-order valence-electron chi connectivity index (χ1n) is 3.67. The van der Waals surface area contributed by atoms with Crippen molar-refractivity contribution in [2.45, 2.75) is 13.8 Å². The minimum absolute atomic E-state index is 0.883. The molecular weight excluding hydrogens is 136 g/mol. The lowest BCUT2D eigenvalue weighted by Gasteiger charge is -1.98. The third-order valence-corrected chi connectivity index (χ3v) is 1.36. The van der Waals surface area contributed by atoms with Gasteiger partial charge in [-0.25, -0.2) is 0 Å². The summed E-state index contributed by atoms with van der Waals surface area (Å²) in [5.74, 6) is 0.883. The van der Waals surface area contributed by atoms with Gasteiger partial charge in [-0.15, -0.1) is 0 Å². The highest BCUT2D eigenvalue weighted by molar-refractivity contribution is 5.26. The molecule has 0 aliphatic carbocycles. The molecule has 58 valence electrons. The van der Waals surface area contributed by atoms with Crippen molar-refractivity contribution in [3.8, 4) is 5.75 Å². The summed E-state index contributed by atoms with van der Waals surface area (Å²) < 4.78 is 5.23. The average molecular weight is 148 g/mol. The molecule has 0 radical (unpaired) electrons. The molecule has 0 saturated heterocycles. The third kappa shape index (κ3) is 2.46. The fourth-order valence-corrected chi connectivity index (χ4v) is 0.763. The largest absolute Gasteiger partial charge is 0.465 e. The zero-order valence-corrected chi connectivity index (χ0v) is 6.87. The Kier molecular flexibility index (Phi) is 2.73. The van der Waals surface area contributed by atoms with Crippen LogP contribution in [0.3, 0.4) is 0 Å². The van der Waals surface area contributed by atoms with E-state index >= 15 is 0 Å². The van der Waals surface area contributed by atoms with Crippen molar-refractivity contribution in [2.24, 2.45) is 0 Å². The van der Waals surface area contributed by atoms with E-state index in [9.17, 15) is 0 Å². The van der Waals surface area contributed by atoms with Crippen molar-refractivity contribution in [1.29, 1.82) is 0 Å². The summed E-state index contributed by atoms with van der Waals surface area (Å²) in [5, 5.41) is 0. The molecule has 1 aromatic rings. The molecular formula is C10H12O. The van der Waals surface area contributed by atoms with E-state index in [0.29, 0.717) is 0 Å². The van der Waals surface area contributed by atoms with Gasteiger partial charge >= 0.3 is 0 Å². The summed E-state index contributed by atoms with van der Waals surface area (Å²) in [6, 6.07) is 7.96. The van der Waals surface area contributed by atoms with Crippen LogP contribution in [-0.2, 0) is 0 Å². The van der Waals surface area contributed by atoms with Gasteiger partial charge in [0, 0.05) is 0 Å². The van der Waals surface area contributed by atoms with Crippen LogP contribution in [0.2, 0.25) is 0 Å². The Balaban J connectivity index is 2.66. The van der Waals surface area contributed by atoms with Crippen molar-refractivity contribution in [2.75, 3.05) is 0 Å². The smallest absolute Gasteiger partial charge is 0.126 e. The summed E-state index contributed by atoms with van der Waals surface area (Å²) in [6.45, 7) is 3.98. The number of hydrogen-bond acceptors (Lipinski definition) is 1. The molecule has 0 saturated carbocycles. The number of aryl methyl sites for hydroxylation is 1. The first-order chi connectivity index (χ1) is 5.33. The minimum Gasteiger partial charge on any atom is -0.465 e. The van der Waals surface area contributed by atoms with E-state index in [1.807, 2.05) is 37.3 Å². The lowest BCUT2D eigenvalue weighted by molar-refractivity contribution is 0.480. The van der Waals surface area contributed by atoms with Crippen molar-refractivity contribution in [1.82, 2.24) is 0 Å². The number of benzene rings is 1. The van der Waals surface area contributed by atoms with Gasteiger partial charge in [-0.2, -0.15) is 0 Å². The van der Waals surface area contributed by atoms with Gasteiger partial charge in [0.05, 0.1) is 6.26 Å². The molecule has 0 heterocycles. The first-order valence-corrected chi connectivity index (χ1v) is 3.67. The van der Waals surface area contributed by atoms with Crippen molar-refractivity contribution >= 4 is 0 Å². The van der Waals surface area contributed by atoms with Gasteiger partial charge in [0.25, 0.3) is 0 Å². The van der Waals surface area contributed by atoms with Crippen LogP contribution in [0, 0.1) is 6.92 Å². The van der Waals surface area contributed by atoms with Gasteiger partial charge in [-0.1, -0.05) is 23.8 Å². The number of rotatable bonds is 2. The molecule has 0 amide bonds. The van der Waals surface area contributed by atoms with Crippen molar-refractivity contribution in [3.05, 3.63) is 42.2 Å². The van der Waals surface area contributed by atoms with Crippen LogP contribution in [-0.4, -0.2) is 0 Å². The quantitative estimate of drug-likeness (QED) is 0.586. The topological polar surface area (TPSA) is 9.23 Å². The Morgan fingerprint density at radius 1 is 1.18 bits per heavy atom. The molecule has 1 heteroatoms. The molecule has 1 nitrogen and oxygen atoms in total. The van der Waals surface area contributed by atoms with Gasteiger partial charge < -0.3 is 4.74 Å². The van der Waals surface area contributed by atoms with Gasteiger partial charge in [-0.05, 0) is 26.0 Å². The van der Waals surface area contributed by atoms with E-state index in [4.69, 9.17) is 4.74 Å². The van der Waals surface area contributed by atoms with Gasteiger partial charge in [-0.3, -0.25) is 0 Å². The molecule has 0 bridgehead atoms. The van der Waals surface area contributed by atoms with Gasteiger partial charge in [0.15, 0.2) is 0 Å². The zero-order chi connectivity index (χ0) is 8.10. The fourth-order valence-electron chi connectivity index (χ4n) is 0.763. The van der Waals surface area contributed by atoms with E-state index in [2.05, 4.69) is 6.92 Å². The predicted molar refractivity (Wildman–Crippen MR) is 46.6 cm³/mol.